The van der Waals surface area contributed by atoms with Crippen molar-refractivity contribution in [3.63, 3.8) is 0 Å². The van der Waals surface area contributed by atoms with Gasteiger partial charge in [-0.3, -0.25) is 9.59 Å². The van der Waals surface area contributed by atoms with Crippen molar-refractivity contribution in [2.24, 2.45) is 0 Å². The number of nitrogen functional groups attached to an aromatic ring is 1. The molecule has 0 aliphatic heterocycles. The second kappa shape index (κ2) is 10.3. The van der Waals surface area contributed by atoms with Gasteiger partial charge in [0.25, 0.3) is 0 Å². The van der Waals surface area contributed by atoms with Crippen LogP contribution in [0.2, 0.25) is 0 Å². The molecule has 166 valence electrons. The minimum atomic E-state index is -0.485. The van der Waals surface area contributed by atoms with Gasteiger partial charge in [0.2, 0.25) is 11.5 Å². The number of carbonyl (C=O) groups is 2. The summed E-state index contributed by atoms with van der Waals surface area (Å²) < 4.78 is 14.5. The molecule has 1 amide bonds. The predicted octanol–water partition coefficient (Wildman–Crippen LogP) is 3.81. The molecular weight excluding hydrogens is 431 g/mol. The number of rotatable bonds is 8. The first-order valence-corrected chi connectivity index (χ1v) is 10.7. The van der Waals surface area contributed by atoms with E-state index in [0.717, 1.165) is 11.8 Å². The number of nitrogens with zero attached hydrogens (tertiary/aromatic N) is 3. The molecular formula is C23H23FN4O3S. The van der Waals surface area contributed by atoms with Gasteiger partial charge in [-0.2, -0.15) is 0 Å². The first kappa shape index (κ1) is 23.4. The molecule has 3 rings (SSSR count). The van der Waals surface area contributed by atoms with E-state index >= 15 is 0 Å². The van der Waals surface area contributed by atoms with Crippen LogP contribution in [0.5, 0.6) is 0 Å². The molecule has 0 spiro atoms. The number of allylic oxidation sites excluding steroid dienone is 1. The van der Waals surface area contributed by atoms with Gasteiger partial charge in [0.1, 0.15) is 17.5 Å². The fraction of sp³-hybridized carbons (Fsp3) is 0.217. The third-order valence-corrected chi connectivity index (χ3v) is 6.10. The zero-order valence-corrected chi connectivity index (χ0v) is 18.5. The van der Waals surface area contributed by atoms with Crippen molar-refractivity contribution >= 4 is 39.9 Å². The average molecular weight is 455 g/mol. The van der Waals surface area contributed by atoms with Crippen molar-refractivity contribution in [2.45, 2.75) is 26.8 Å². The van der Waals surface area contributed by atoms with E-state index in [-0.39, 0.29) is 41.5 Å². The number of aliphatic hydroxyl groups excluding tert-OH is 1. The minimum Gasteiger partial charge on any atom is -0.396 e. The average Bonchev–Trinajstić information content (AvgIpc) is 2.77. The van der Waals surface area contributed by atoms with Gasteiger partial charge in [-0.05, 0) is 43.1 Å². The summed E-state index contributed by atoms with van der Waals surface area (Å²) in [5.74, 6) is 0.289. The van der Waals surface area contributed by atoms with Crippen LogP contribution >= 0.6 is 11.8 Å². The van der Waals surface area contributed by atoms with E-state index in [1.54, 1.807) is 50.4 Å². The first-order chi connectivity index (χ1) is 15.3. The van der Waals surface area contributed by atoms with E-state index in [0.29, 0.717) is 33.8 Å². The third kappa shape index (κ3) is 5.12. The molecule has 3 aromatic rings. The number of hydrogen-bond donors (Lipinski definition) is 2. The fourth-order valence-corrected chi connectivity index (χ4v) is 4.21. The van der Waals surface area contributed by atoms with Crippen LogP contribution in [-0.2, 0) is 11.3 Å². The van der Waals surface area contributed by atoms with Crippen molar-refractivity contribution in [3.8, 4) is 0 Å². The van der Waals surface area contributed by atoms with Crippen LogP contribution in [0.1, 0.15) is 35.1 Å². The number of hydrogen-bond acceptors (Lipinski definition) is 7. The van der Waals surface area contributed by atoms with Crippen molar-refractivity contribution in [2.75, 3.05) is 12.3 Å². The molecule has 0 radical (unpaired) electrons. The second-order valence-electron chi connectivity index (χ2n) is 7.08. The van der Waals surface area contributed by atoms with E-state index in [9.17, 15) is 19.1 Å². The quantitative estimate of drug-likeness (QED) is 0.498. The summed E-state index contributed by atoms with van der Waals surface area (Å²) in [7, 11) is 0. The number of aromatic nitrogens is 2. The molecule has 0 aliphatic carbocycles. The molecule has 3 N–H and O–H groups in total. The summed E-state index contributed by atoms with van der Waals surface area (Å²) >= 11 is 0.866. The van der Waals surface area contributed by atoms with Gasteiger partial charge in [0.05, 0.1) is 6.54 Å². The highest BCUT2D eigenvalue weighted by atomic mass is 32.2. The Kier molecular flexibility index (Phi) is 7.55. The molecule has 0 saturated heterocycles. The zero-order chi connectivity index (χ0) is 23.3. The number of fused-ring (bicyclic) bond motifs is 1. The van der Waals surface area contributed by atoms with E-state index in [4.69, 9.17) is 5.73 Å². The number of nitrogens with two attached hydrogens (primary N) is 1. The molecule has 7 nitrogen and oxygen atoms in total. The lowest BCUT2D eigenvalue weighted by atomic mass is 10.1. The minimum absolute atomic E-state index is 0.105. The summed E-state index contributed by atoms with van der Waals surface area (Å²) in [6.07, 6.45) is 2.32. The maximum absolute atomic E-state index is 14.5. The van der Waals surface area contributed by atoms with Gasteiger partial charge >= 0.3 is 0 Å². The molecule has 1 aromatic heterocycles. The third-order valence-electron chi connectivity index (χ3n) is 4.95. The van der Waals surface area contributed by atoms with E-state index < -0.39 is 5.82 Å². The zero-order valence-electron chi connectivity index (χ0n) is 17.7. The van der Waals surface area contributed by atoms with E-state index in [1.165, 1.54) is 11.0 Å². The van der Waals surface area contributed by atoms with Gasteiger partial charge in [-0.15, -0.1) is 0 Å². The van der Waals surface area contributed by atoms with E-state index in [1.807, 2.05) is 0 Å². The van der Waals surface area contributed by atoms with Crippen LogP contribution in [0.4, 0.5) is 10.2 Å². The number of carbonyl (C=O) groups excluding carboxylic acids is 2. The summed E-state index contributed by atoms with van der Waals surface area (Å²) in [5.41, 5.74) is 7.20. The Balaban J connectivity index is 1.93. The van der Waals surface area contributed by atoms with Gasteiger partial charge < -0.3 is 15.7 Å². The number of amides is 1. The molecule has 2 aromatic carbocycles. The van der Waals surface area contributed by atoms with Crippen molar-refractivity contribution in [1.29, 1.82) is 0 Å². The molecule has 0 bridgehead atoms. The number of aryl methyl sites for hydroxylation is 1. The maximum atomic E-state index is 14.5. The SMILES string of the molecule is C/C(=C(\CCO)SC(=O)c1cccc2cccc(F)c12)N(C=O)Cc1cnc(C)nc1N. The van der Waals surface area contributed by atoms with Gasteiger partial charge in [0, 0.05) is 46.3 Å². The highest BCUT2D eigenvalue weighted by Crippen LogP contribution is 2.32. The molecule has 9 heteroatoms. The smallest absolute Gasteiger partial charge is 0.224 e. The number of benzene rings is 2. The number of aliphatic hydroxyl groups is 1. The molecule has 0 saturated carbocycles. The Morgan fingerprint density at radius 2 is 2.00 bits per heavy atom. The topological polar surface area (TPSA) is 109 Å². The Hall–Kier alpha value is -3.30. The molecule has 0 aliphatic rings. The highest BCUT2D eigenvalue weighted by Gasteiger charge is 2.19. The monoisotopic (exact) mass is 454 g/mol. The molecule has 32 heavy (non-hydrogen) atoms. The Bertz CT molecular complexity index is 1190. The largest absolute Gasteiger partial charge is 0.396 e. The first-order valence-electron chi connectivity index (χ1n) is 9.85. The van der Waals surface area contributed by atoms with Crippen LogP contribution in [0, 0.1) is 12.7 Å². The standard InChI is InChI=1S/C23H23FN4O3S/c1-14(28(13-30)12-17-11-26-15(2)27-22(17)25)20(9-10-29)32-23(31)18-7-3-5-16-6-4-8-19(24)21(16)18/h3-8,11,13,29H,9-10,12H2,1-2H3,(H2,25,26,27)/b20-14-. The van der Waals surface area contributed by atoms with Crippen molar-refractivity contribution < 1.29 is 19.1 Å². The number of thioether (sulfide) groups is 1. The van der Waals surface area contributed by atoms with Gasteiger partial charge in [0.15, 0.2) is 0 Å². The van der Waals surface area contributed by atoms with Crippen LogP contribution in [-0.4, -0.2) is 38.1 Å². The highest BCUT2D eigenvalue weighted by molar-refractivity contribution is 8.17. The molecule has 0 atom stereocenters. The predicted molar refractivity (Wildman–Crippen MR) is 123 cm³/mol. The lowest BCUT2D eigenvalue weighted by Crippen LogP contribution is -2.22. The van der Waals surface area contributed by atoms with Gasteiger partial charge in [-0.25, -0.2) is 14.4 Å². The number of halogens is 1. The molecule has 0 unspecified atom stereocenters. The summed E-state index contributed by atoms with van der Waals surface area (Å²) in [6.45, 7) is 3.27. The Labute approximate surface area is 189 Å². The molecule has 1 heterocycles. The van der Waals surface area contributed by atoms with Gasteiger partial charge in [-0.1, -0.05) is 24.3 Å². The fourth-order valence-electron chi connectivity index (χ4n) is 3.25. The Morgan fingerprint density at radius 1 is 1.28 bits per heavy atom. The summed E-state index contributed by atoms with van der Waals surface area (Å²) in [6, 6.07) is 9.62. The van der Waals surface area contributed by atoms with Crippen molar-refractivity contribution in [3.05, 3.63) is 76.0 Å². The lowest BCUT2D eigenvalue weighted by Gasteiger charge is -2.22. The van der Waals surface area contributed by atoms with Crippen molar-refractivity contribution in [1.82, 2.24) is 14.9 Å². The van der Waals surface area contributed by atoms with Crippen LogP contribution < -0.4 is 5.73 Å². The normalized spacial score (nSPS) is 11.9. The maximum Gasteiger partial charge on any atom is 0.224 e. The number of anilines is 1. The second-order valence-corrected chi connectivity index (χ2v) is 8.14. The van der Waals surface area contributed by atoms with Crippen LogP contribution in [0.25, 0.3) is 10.8 Å². The lowest BCUT2D eigenvalue weighted by molar-refractivity contribution is -0.116. The summed E-state index contributed by atoms with van der Waals surface area (Å²) in [4.78, 5) is 35.0. The van der Waals surface area contributed by atoms with E-state index in [2.05, 4.69) is 9.97 Å². The summed E-state index contributed by atoms with van der Waals surface area (Å²) in [5, 5.41) is 10.0. The Morgan fingerprint density at radius 3 is 2.66 bits per heavy atom. The van der Waals surface area contributed by atoms with Crippen LogP contribution in [0.15, 0.2) is 53.2 Å². The molecule has 0 fully saturated rings. The van der Waals surface area contributed by atoms with Crippen LogP contribution in [0.3, 0.4) is 0 Å².